The minimum absolute atomic E-state index is 0.189. The molecule has 3 aromatic rings. The predicted octanol–water partition coefficient (Wildman–Crippen LogP) is 6.13. The van der Waals surface area contributed by atoms with Gasteiger partial charge in [-0.15, -0.1) is 11.3 Å². The highest BCUT2D eigenvalue weighted by Gasteiger charge is 2.38. The van der Waals surface area contributed by atoms with Crippen molar-refractivity contribution < 1.29 is 19.0 Å². The molecule has 2 aliphatic heterocycles. The maximum Gasteiger partial charge on any atom is 0.312 e. The third kappa shape index (κ3) is 6.93. The number of anilines is 1. The molecule has 220 valence electrons. The summed E-state index contributed by atoms with van der Waals surface area (Å²) >= 11 is 1.61. The molecule has 0 unspecified atom stereocenters. The number of fused-ring (bicyclic) bond motifs is 1. The van der Waals surface area contributed by atoms with Crippen molar-refractivity contribution in [1.29, 1.82) is 0 Å². The molecule has 0 saturated carbocycles. The van der Waals surface area contributed by atoms with Gasteiger partial charge in [0.2, 0.25) is 0 Å². The number of para-hydroxylation sites is 1. The summed E-state index contributed by atoms with van der Waals surface area (Å²) in [5, 5.41) is 6.55. The van der Waals surface area contributed by atoms with E-state index in [-0.39, 0.29) is 18.0 Å². The molecule has 41 heavy (non-hydrogen) atoms. The van der Waals surface area contributed by atoms with Gasteiger partial charge in [-0.05, 0) is 81.3 Å². The summed E-state index contributed by atoms with van der Waals surface area (Å²) in [6, 6.07) is 13.0. The molecule has 0 spiro atoms. The molecule has 1 aromatic heterocycles. The first kappa shape index (κ1) is 29.5. The van der Waals surface area contributed by atoms with E-state index in [9.17, 15) is 4.79 Å². The zero-order valence-electron chi connectivity index (χ0n) is 25.2. The van der Waals surface area contributed by atoms with Gasteiger partial charge in [-0.25, -0.2) is 4.98 Å². The number of aromatic nitrogens is 1. The smallest absolute Gasteiger partial charge is 0.312 e. The number of carbonyl (C=O) groups is 1. The van der Waals surface area contributed by atoms with E-state index in [0.717, 1.165) is 53.8 Å². The van der Waals surface area contributed by atoms with Crippen LogP contribution >= 0.6 is 11.3 Å². The van der Waals surface area contributed by atoms with Crippen LogP contribution in [0.15, 0.2) is 41.8 Å². The Morgan fingerprint density at radius 3 is 2.83 bits per heavy atom. The molecule has 8 heteroatoms. The zero-order valence-corrected chi connectivity index (χ0v) is 26.0. The van der Waals surface area contributed by atoms with Crippen LogP contribution in [0.4, 0.5) is 5.13 Å². The average Bonchev–Trinajstić information content (AvgIpc) is 3.36. The van der Waals surface area contributed by atoms with E-state index in [1.54, 1.807) is 18.4 Å². The first-order valence-corrected chi connectivity index (χ1v) is 15.5. The molecule has 2 aromatic carbocycles. The molecule has 3 heterocycles. The Labute approximate surface area is 248 Å². The molecule has 0 amide bonds. The summed E-state index contributed by atoms with van der Waals surface area (Å²) in [6.07, 6.45) is 1.46. The van der Waals surface area contributed by atoms with Crippen LogP contribution in [0, 0.1) is 12.8 Å². The summed E-state index contributed by atoms with van der Waals surface area (Å²) in [7, 11) is 1.66. The number of aryl methyl sites for hydroxylation is 1. The Bertz CT molecular complexity index is 1360. The van der Waals surface area contributed by atoms with Gasteiger partial charge in [0, 0.05) is 37.7 Å². The van der Waals surface area contributed by atoms with Crippen molar-refractivity contribution in [2.24, 2.45) is 5.92 Å². The lowest BCUT2D eigenvalue weighted by Gasteiger charge is -2.37. The molecule has 0 bridgehead atoms. The summed E-state index contributed by atoms with van der Waals surface area (Å²) in [5.41, 5.74) is 6.51. The zero-order chi connectivity index (χ0) is 29.1. The largest absolute Gasteiger partial charge is 0.488 e. The Kier molecular flexibility index (Phi) is 9.02. The number of piperidine rings is 1. The first-order valence-electron chi connectivity index (χ1n) is 14.6. The van der Waals surface area contributed by atoms with Crippen LogP contribution in [-0.2, 0) is 27.3 Å². The number of carbonyl (C=O) groups excluding carboxylic acids is 1. The van der Waals surface area contributed by atoms with Crippen LogP contribution in [0.25, 0.3) is 11.3 Å². The number of esters is 1. The van der Waals surface area contributed by atoms with Gasteiger partial charge in [0.1, 0.15) is 18.0 Å². The van der Waals surface area contributed by atoms with Crippen LogP contribution in [0.2, 0.25) is 0 Å². The number of rotatable bonds is 7. The first-order chi connectivity index (χ1) is 19.6. The Balaban J connectivity index is 1.30. The molecule has 5 rings (SSSR count). The van der Waals surface area contributed by atoms with Crippen LogP contribution in [0.1, 0.15) is 62.3 Å². The van der Waals surface area contributed by atoms with E-state index >= 15 is 0 Å². The van der Waals surface area contributed by atoms with Crippen LogP contribution < -0.4 is 15.0 Å². The summed E-state index contributed by atoms with van der Waals surface area (Å²) in [5.74, 6) is 0.921. The fourth-order valence-corrected chi connectivity index (χ4v) is 6.67. The topological polar surface area (TPSA) is 72.9 Å². The van der Waals surface area contributed by atoms with E-state index in [0.29, 0.717) is 25.5 Å². The van der Waals surface area contributed by atoms with Crippen molar-refractivity contribution >= 4 is 22.4 Å². The molecule has 0 radical (unpaired) electrons. The van der Waals surface area contributed by atoms with E-state index in [1.807, 2.05) is 20.8 Å². The molecule has 0 aliphatic carbocycles. The number of nitrogens with zero attached hydrogens (tertiary/aromatic N) is 2. The van der Waals surface area contributed by atoms with Gasteiger partial charge in [-0.2, -0.15) is 0 Å². The van der Waals surface area contributed by atoms with E-state index < -0.39 is 5.60 Å². The van der Waals surface area contributed by atoms with E-state index in [2.05, 4.69) is 65.8 Å². The summed E-state index contributed by atoms with van der Waals surface area (Å²) in [6.45, 7) is 13.9. The van der Waals surface area contributed by atoms with E-state index in [4.69, 9.17) is 19.2 Å². The second-order valence-electron chi connectivity index (χ2n) is 12.3. The highest BCUT2D eigenvalue weighted by Crippen LogP contribution is 2.37. The minimum atomic E-state index is -0.514. The summed E-state index contributed by atoms with van der Waals surface area (Å²) < 4.78 is 17.9. The normalized spacial score (nSPS) is 21.2. The molecule has 2 aliphatic rings. The quantitative estimate of drug-likeness (QED) is 0.339. The van der Waals surface area contributed by atoms with Gasteiger partial charge in [-0.1, -0.05) is 37.3 Å². The van der Waals surface area contributed by atoms with Crippen molar-refractivity contribution in [1.82, 2.24) is 10.3 Å². The van der Waals surface area contributed by atoms with Gasteiger partial charge in [-0.3, -0.25) is 4.79 Å². The second-order valence-corrected chi connectivity index (χ2v) is 13.1. The van der Waals surface area contributed by atoms with Crippen LogP contribution in [0.3, 0.4) is 0 Å². The second kappa shape index (κ2) is 12.5. The highest BCUT2D eigenvalue weighted by molar-refractivity contribution is 7.14. The SMILES string of the molecule is CO[C@H]1CN(c2nc(-c3cccc(C)c3OCc3ccc4c(c3)CCNC[C@@H]4C)cs2)CC[C@H]1C(=O)OC(C)(C)C. The molecule has 1 fully saturated rings. The average molecular weight is 578 g/mol. The number of hydrogen-bond acceptors (Lipinski definition) is 8. The van der Waals surface area contributed by atoms with Crippen molar-refractivity contribution in [3.8, 4) is 17.0 Å². The monoisotopic (exact) mass is 577 g/mol. The van der Waals surface area contributed by atoms with Crippen LogP contribution in [-0.4, -0.2) is 55.9 Å². The fourth-order valence-electron chi connectivity index (χ4n) is 5.81. The highest BCUT2D eigenvalue weighted by atomic mass is 32.1. The maximum absolute atomic E-state index is 12.8. The maximum atomic E-state index is 12.8. The number of nitrogens with one attached hydrogen (secondary N) is 1. The Morgan fingerprint density at radius 1 is 1.22 bits per heavy atom. The lowest BCUT2D eigenvalue weighted by molar-refractivity contribution is -0.165. The molecule has 1 N–H and O–H groups in total. The van der Waals surface area contributed by atoms with Crippen molar-refractivity contribution in [3.05, 3.63) is 64.0 Å². The number of ether oxygens (including phenoxy) is 3. The fraction of sp³-hybridized carbons (Fsp3) is 0.515. The van der Waals surface area contributed by atoms with Crippen molar-refractivity contribution in [2.45, 2.75) is 71.7 Å². The lowest BCUT2D eigenvalue weighted by Crippen LogP contribution is -2.49. The predicted molar refractivity (Wildman–Crippen MR) is 165 cm³/mol. The third-order valence-electron chi connectivity index (χ3n) is 7.96. The summed E-state index contributed by atoms with van der Waals surface area (Å²) in [4.78, 5) is 20.0. The molecule has 7 nitrogen and oxygen atoms in total. The number of thiazole rings is 1. The van der Waals surface area contributed by atoms with Gasteiger partial charge in [0.05, 0.1) is 17.7 Å². The molecule has 1 saturated heterocycles. The third-order valence-corrected chi connectivity index (χ3v) is 8.87. The van der Waals surface area contributed by atoms with Gasteiger partial charge in [0.15, 0.2) is 5.13 Å². The van der Waals surface area contributed by atoms with Gasteiger partial charge < -0.3 is 24.4 Å². The van der Waals surface area contributed by atoms with Crippen molar-refractivity contribution in [3.63, 3.8) is 0 Å². The van der Waals surface area contributed by atoms with Crippen molar-refractivity contribution in [2.75, 3.05) is 38.2 Å². The number of hydrogen-bond donors (Lipinski definition) is 1. The van der Waals surface area contributed by atoms with E-state index in [1.165, 1.54) is 16.7 Å². The lowest BCUT2D eigenvalue weighted by atomic mass is 9.93. The molecular weight excluding hydrogens is 534 g/mol. The minimum Gasteiger partial charge on any atom is -0.488 e. The van der Waals surface area contributed by atoms with Gasteiger partial charge in [0.25, 0.3) is 0 Å². The molecular formula is C33H43N3O4S. The Morgan fingerprint density at radius 2 is 2.05 bits per heavy atom. The van der Waals surface area contributed by atoms with Gasteiger partial charge >= 0.3 is 5.97 Å². The number of benzene rings is 2. The molecule has 3 atom stereocenters. The number of methoxy groups -OCH3 is 1. The standard InChI is InChI=1S/C33H43N3O4S/c1-21-8-7-9-26(30(21)39-19-23-10-11-25-22(2)17-34-14-12-24(25)16-23)28-20-41-32(35-28)36-15-13-27(29(18-36)38-6)31(37)40-33(3,4)5/h7-11,16,20,22,27,29,34H,12-15,17-19H2,1-6H3/t22-,27+,29-/m0/s1. The Hall–Kier alpha value is -2.94. The van der Waals surface area contributed by atoms with Crippen LogP contribution in [0.5, 0.6) is 5.75 Å².